The van der Waals surface area contributed by atoms with Crippen LogP contribution in [0.15, 0.2) is 18.2 Å². The van der Waals surface area contributed by atoms with Gasteiger partial charge in [-0.25, -0.2) is 4.39 Å². The molecule has 1 saturated heterocycles. The minimum absolute atomic E-state index is 0.0427. The van der Waals surface area contributed by atoms with Gasteiger partial charge in [0.25, 0.3) is 0 Å². The van der Waals surface area contributed by atoms with Gasteiger partial charge in [-0.05, 0) is 12.1 Å². The molecule has 0 aromatic heterocycles. The summed E-state index contributed by atoms with van der Waals surface area (Å²) in [6.45, 7) is 5.96. The Kier molecular flexibility index (Phi) is 6.74. The first-order valence-corrected chi connectivity index (χ1v) is 7.55. The van der Waals surface area contributed by atoms with Crippen molar-refractivity contribution >= 4 is 0 Å². The second-order valence-corrected chi connectivity index (χ2v) is 5.37. The van der Waals surface area contributed by atoms with E-state index >= 15 is 0 Å². The van der Waals surface area contributed by atoms with E-state index in [2.05, 4.69) is 4.90 Å². The van der Waals surface area contributed by atoms with E-state index in [-0.39, 0.29) is 12.4 Å². The zero-order valence-corrected chi connectivity index (χ0v) is 12.7. The highest BCUT2D eigenvalue weighted by atomic mass is 19.1. The highest BCUT2D eigenvalue weighted by Gasteiger charge is 2.14. The molecule has 0 aliphatic carbocycles. The van der Waals surface area contributed by atoms with Gasteiger partial charge < -0.3 is 9.84 Å². The average Bonchev–Trinajstić information content (AvgIpc) is 2.55. The maximum atomic E-state index is 14.0. The van der Waals surface area contributed by atoms with Gasteiger partial charge in [0.15, 0.2) is 0 Å². The summed E-state index contributed by atoms with van der Waals surface area (Å²) in [6, 6.07) is 6.46. The smallest absolute Gasteiger partial charge is 0.129 e. The van der Waals surface area contributed by atoms with E-state index in [9.17, 15) is 9.50 Å². The maximum absolute atomic E-state index is 14.0. The minimum Gasteiger partial charge on any atom is -0.395 e. The van der Waals surface area contributed by atoms with Crippen molar-refractivity contribution in [1.82, 2.24) is 9.80 Å². The summed E-state index contributed by atoms with van der Waals surface area (Å²) in [5, 5.41) is 18.0. The SMILES string of the molecule is N#Cc1ccc(CN(CCO)CCN2CCOCC2)c(F)c1. The Morgan fingerprint density at radius 2 is 2.09 bits per heavy atom. The summed E-state index contributed by atoms with van der Waals surface area (Å²) < 4.78 is 19.3. The Labute approximate surface area is 130 Å². The number of aliphatic hydroxyl groups is 1. The molecule has 0 saturated carbocycles. The third-order valence-electron chi connectivity index (χ3n) is 3.83. The summed E-state index contributed by atoms with van der Waals surface area (Å²) in [7, 11) is 0. The van der Waals surface area contributed by atoms with Crippen molar-refractivity contribution in [2.24, 2.45) is 0 Å². The van der Waals surface area contributed by atoms with E-state index in [0.717, 1.165) is 39.4 Å². The molecule has 1 N–H and O–H groups in total. The fraction of sp³-hybridized carbons (Fsp3) is 0.562. The quantitative estimate of drug-likeness (QED) is 0.808. The molecule has 120 valence electrons. The predicted octanol–water partition coefficient (Wildman–Crippen LogP) is 0.824. The number of benzene rings is 1. The van der Waals surface area contributed by atoms with Gasteiger partial charge in [-0.1, -0.05) is 6.07 Å². The number of hydrogen-bond donors (Lipinski definition) is 1. The van der Waals surface area contributed by atoms with E-state index in [1.54, 1.807) is 12.1 Å². The van der Waals surface area contributed by atoms with Crippen LogP contribution in [0.1, 0.15) is 11.1 Å². The minimum atomic E-state index is -0.367. The van der Waals surface area contributed by atoms with Crippen molar-refractivity contribution in [3.63, 3.8) is 0 Å². The van der Waals surface area contributed by atoms with Crippen LogP contribution in [0.4, 0.5) is 4.39 Å². The highest BCUT2D eigenvalue weighted by Crippen LogP contribution is 2.12. The monoisotopic (exact) mass is 307 g/mol. The van der Waals surface area contributed by atoms with Crippen molar-refractivity contribution in [2.45, 2.75) is 6.54 Å². The van der Waals surface area contributed by atoms with Crippen LogP contribution in [0.5, 0.6) is 0 Å². The van der Waals surface area contributed by atoms with Gasteiger partial charge in [0.2, 0.25) is 0 Å². The van der Waals surface area contributed by atoms with Gasteiger partial charge in [-0.15, -0.1) is 0 Å². The van der Waals surface area contributed by atoms with Crippen LogP contribution in [0, 0.1) is 17.1 Å². The summed E-state index contributed by atoms with van der Waals surface area (Å²) in [5.74, 6) is -0.367. The van der Waals surface area contributed by atoms with Gasteiger partial charge in [0.1, 0.15) is 5.82 Å². The second-order valence-electron chi connectivity index (χ2n) is 5.37. The molecule has 5 nitrogen and oxygen atoms in total. The molecule has 1 aromatic rings. The molecule has 0 unspecified atom stereocenters. The Hall–Kier alpha value is -1.52. The Morgan fingerprint density at radius 1 is 1.32 bits per heavy atom. The second kappa shape index (κ2) is 8.81. The van der Waals surface area contributed by atoms with Gasteiger partial charge in [-0.2, -0.15) is 5.26 Å². The van der Waals surface area contributed by atoms with Gasteiger partial charge in [-0.3, -0.25) is 9.80 Å². The van der Waals surface area contributed by atoms with Crippen molar-refractivity contribution in [2.75, 3.05) is 52.5 Å². The van der Waals surface area contributed by atoms with Crippen LogP contribution in [0.25, 0.3) is 0 Å². The van der Waals surface area contributed by atoms with Crippen LogP contribution >= 0.6 is 0 Å². The normalized spacial score (nSPS) is 15.9. The molecule has 1 fully saturated rings. The van der Waals surface area contributed by atoms with E-state index in [4.69, 9.17) is 10.00 Å². The molecule has 0 bridgehead atoms. The molecule has 1 aromatic carbocycles. The lowest BCUT2D eigenvalue weighted by atomic mass is 10.1. The van der Waals surface area contributed by atoms with Crippen molar-refractivity contribution in [3.05, 3.63) is 35.1 Å². The number of rotatable bonds is 7. The van der Waals surface area contributed by atoms with Crippen molar-refractivity contribution < 1.29 is 14.2 Å². The molecule has 6 heteroatoms. The third-order valence-corrected chi connectivity index (χ3v) is 3.83. The summed E-state index contributed by atoms with van der Waals surface area (Å²) in [4.78, 5) is 4.34. The number of nitriles is 1. The largest absolute Gasteiger partial charge is 0.395 e. The number of ether oxygens (including phenoxy) is 1. The lowest BCUT2D eigenvalue weighted by Crippen LogP contribution is -2.42. The van der Waals surface area contributed by atoms with Crippen molar-refractivity contribution in [1.29, 1.82) is 5.26 Å². The topological polar surface area (TPSA) is 59.7 Å². The van der Waals surface area contributed by atoms with E-state index in [0.29, 0.717) is 24.2 Å². The van der Waals surface area contributed by atoms with Gasteiger partial charge in [0.05, 0.1) is 31.5 Å². The van der Waals surface area contributed by atoms with E-state index in [1.165, 1.54) is 6.07 Å². The molecule has 0 atom stereocenters. The summed E-state index contributed by atoms with van der Waals surface area (Å²) in [6.07, 6.45) is 0. The fourth-order valence-corrected chi connectivity index (χ4v) is 2.50. The Balaban J connectivity index is 1.91. The zero-order chi connectivity index (χ0) is 15.8. The van der Waals surface area contributed by atoms with Crippen LogP contribution in [0.2, 0.25) is 0 Å². The summed E-state index contributed by atoms with van der Waals surface area (Å²) in [5.41, 5.74) is 0.873. The number of hydrogen-bond acceptors (Lipinski definition) is 5. The first-order chi connectivity index (χ1) is 10.7. The molecular weight excluding hydrogens is 285 g/mol. The molecule has 0 spiro atoms. The number of nitrogens with zero attached hydrogens (tertiary/aromatic N) is 3. The molecule has 0 radical (unpaired) electrons. The number of morpholine rings is 1. The molecule has 1 aliphatic heterocycles. The number of halogens is 1. The molecule has 2 rings (SSSR count). The first-order valence-electron chi connectivity index (χ1n) is 7.55. The fourth-order valence-electron chi connectivity index (χ4n) is 2.50. The van der Waals surface area contributed by atoms with Gasteiger partial charge in [0, 0.05) is 44.8 Å². The average molecular weight is 307 g/mol. The highest BCUT2D eigenvalue weighted by molar-refractivity contribution is 5.32. The van der Waals surface area contributed by atoms with Crippen molar-refractivity contribution in [3.8, 4) is 6.07 Å². The molecule has 1 aliphatic rings. The van der Waals surface area contributed by atoms with Gasteiger partial charge >= 0.3 is 0 Å². The Bertz CT molecular complexity index is 513. The van der Waals surface area contributed by atoms with Crippen LogP contribution in [0.3, 0.4) is 0 Å². The standard InChI is InChI=1S/C16H22FN3O2/c17-16-11-14(12-18)1-2-15(16)13-20(5-8-21)4-3-19-6-9-22-10-7-19/h1-2,11,21H,3-10,13H2. The lowest BCUT2D eigenvalue weighted by molar-refractivity contribution is 0.0319. The van der Waals surface area contributed by atoms with Crippen LogP contribution in [-0.2, 0) is 11.3 Å². The molecule has 1 heterocycles. The van der Waals surface area contributed by atoms with Crippen LogP contribution in [-0.4, -0.2) is 67.5 Å². The van der Waals surface area contributed by atoms with E-state index in [1.807, 2.05) is 11.0 Å². The molecular formula is C16H22FN3O2. The molecule has 0 amide bonds. The number of aliphatic hydroxyl groups excluding tert-OH is 1. The Morgan fingerprint density at radius 3 is 2.73 bits per heavy atom. The maximum Gasteiger partial charge on any atom is 0.129 e. The third kappa shape index (κ3) is 5.04. The molecule has 22 heavy (non-hydrogen) atoms. The lowest BCUT2D eigenvalue weighted by Gasteiger charge is -2.29. The van der Waals surface area contributed by atoms with E-state index < -0.39 is 0 Å². The zero-order valence-electron chi connectivity index (χ0n) is 12.7. The summed E-state index contributed by atoms with van der Waals surface area (Å²) >= 11 is 0. The van der Waals surface area contributed by atoms with Crippen LogP contribution < -0.4 is 0 Å². The predicted molar refractivity (Wildman–Crippen MR) is 80.7 cm³/mol. The first kappa shape index (κ1) is 16.8.